The number of hydrogen-bond donors (Lipinski definition) is 2. The van der Waals surface area contributed by atoms with Gasteiger partial charge in [0, 0.05) is 5.69 Å². The number of nitrogens with one attached hydrogen (secondary N) is 1. The van der Waals surface area contributed by atoms with Crippen molar-refractivity contribution in [2.75, 3.05) is 5.32 Å². The van der Waals surface area contributed by atoms with Gasteiger partial charge >= 0.3 is 5.97 Å². The van der Waals surface area contributed by atoms with Crippen LogP contribution in [0.5, 0.6) is 0 Å². The first-order chi connectivity index (χ1) is 9.65. The number of anilines is 1. The molecular weight excluding hydrogens is 250 g/mol. The Morgan fingerprint density at radius 1 is 1.25 bits per heavy atom. The van der Waals surface area contributed by atoms with E-state index in [9.17, 15) is 4.79 Å². The van der Waals surface area contributed by atoms with Crippen molar-refractivity contribution in [2.24, 2.45) is 0 Å². The lowest BCUT2D eigenvalue weighted by Crippen LogP contribution is -2.08. The smallest absolute Gasteiger partial charge is 0.335 e. The highest BCUT2D eigenvalue weighted by molar-refractivity contribution is 5.88. The van der Waals surface area contributed by atoms with Crippen molar-refractivity contribution in [3.05, 3.63) is 64.7 Å². The van der Waals surface area contributed by atoms with E-state index in [0.29, 0.717) is 11.6 Å². The molecule has 0 spiro atoms. The highest BCUT2D eigenvalue weighted by Gasteiger charge is 2.22. The normalized spacial score (nSPS) is 16.8. The molecule has 102 valence electrons. The van der Waals surface area contributed by atoms with E-state index in [1.807, 2.05) is 13.0 Å². The molecule has 0 bridgehead atoms. The van der Waals surface area contributed by atoms with Gasteiger partial charge in [0.05, 0.1) is 11.6 Å². The maximum Gasteiger partial charge on any atom is 0.335 e. The highest BCUT2D eigenvalue weighted by atomic mass is 16.4. The first kappa shape index (κ1) is 12.7. The number of rotatable bonds is 3. The lowest BCUT2D eigenvalue weighted by molar-refractivity contribution is 0.0697. The summed E-state index contributed by atoms with van der Waals surface area (Å²) in [5.41, 5.74) is 5.07. The third-order valence-electron chi connectivity index (χ3n) is 3.94. The summed E-state index contributed by atoms with van der Waals surface area (Å²) in [4.78, 5) is 11.0. The Kier molecular flexibility index (Phi) is 3.18. The Labute approximate surface area is 118 Å². The topological polar surface area (TPSA) is 49.3 Å². The van der Waals surface area contributed by atoms with Crippen LogP contribution in [0, 0.1) is 6.92 Å². The van der Waals surface area contributed by atoms with Crippen molar-refractivity contribution in [1.82, 2.24) is 0 Å². The van der Waals surface area contributed by atoms with Crippen molar-refractivity contribution < 1.29 is 9.90 Å². The standard InChI is InChI=1S/C17H17NO2/c1-11-10-13(17(19)20)7-8-15(11)18-16-9-6-12-4-2-3-5-14(12)16/h2-5,7-8,10,16,18H,6,9H2,1H3,(H,19,20). The molecule has 0 aliphatic heterocycles. The molecular formula is C17H17NO2. The van der Waals surface area contributed by atoms with Gasteiger partial charge < -0.3 is 10.4 Å². The molecule has 1 aliphatic rings. The number of carbonyl (C=O) groups is 1. The number of fused-ring (bicyclic) bond motifs is 1. The number of benzene rings is 2. The second kappa shape index (κ2) is 5.00. The highest BCUT2D eigenvalue weighted by Crippen LogP contribution is 2.34. The van der Waals surface area contributed by atoms with Gasteiger partial charge in [-0.2, -0.15) is 0 Å². The third-order valence-corrected chi connectivity index (χ3v) is 3.94. The average molecular weight is 267 g/mol. The van der Waals surface area contributed by atoms with Gasteiger partial charge in [0.1, 0.15) is 0 Å². The summed E-state index contributed by atoms with van der Waals surface area (Å²) in [6.07, 6.45) is 2.18. The fraction of sp³-hybridized carbons (Fsp3) is 0.235. The maximum absolute atomic E-state index is 11.0. The zero-order valence-corrected chi connectivity index (χ0v) is 11.4. The van der Waals surface area contributed by atoms with E-state index < -0.39 is 5.97 Å². The van der Waals surface area contributed by atoms with E-state index >= 15 is 0 Å². The van der Waals surface area contributed by atoms with Crippen LogP contribution in [0.1, 0.15) is 39.5 Å². The van der Waals surface area contributed by atoms with Crippen LogP contribution in [0.15, 0.2) is 42.5 Å². The molecule has 3 rings (SSSR count). The molecule has 0 saturated heterocycles. The predicted octanol–water partition coefficient (Wildman–Crippen LogP) is 3.79. The van der Waals surface area contributed by atoms with Crippen LogP contribution in [0.25, 0.3) is 0 Å². The van der Waals surface area contributed by atoms with Gasteiger partial charge in [-0.05, 0) is 54.7 Å². The molecule has 2 aromatic rings. The Morgan fingerprint density at radius 2 is 2.05 bits per heavy atom. The summed E-state index contributed by atoms with van der Waals surface area (Å²) in [6.45, 7) is 1.94. The first-order valence-electron chi connectivity index (χ1n) is 6.83. The van der Waals surface area contributed by atoms with Crippen LogP contribution < -0.4 is 5.32 Å². The molecule has 1 atom stereocenters. The largest absolute Gasteiger partial charge is 0.478 e. The van der Waals surface area contributed by atoms with Crippen LogP contribution in [0.2, 0.25) is 0 Å². The molecule has 3 heteroatoms. The molecule has 1 aliphatic carbocycles. The second-order valence-electron chi connectivity index (χ2n) is 5.27. The van der Waals surface area contributed by atoms with Crippen LogP contribution in [-0.2, 0) is 6.42 Å². The molecule has 1 unspecified atom stereocenters. The summed E-state index contributed by atoms with van der Waals surface area (Å²) in [6, 6.07) is 14.0. The van der Waals surface area contributed by atoms with Gasteiger partial charge in [-0.25, -0.2) is 4.79 Å². The first-order valence-corrected chi connectivity index (χ1v) is 6.83. The summed E-state index contributed by atoms with van der Waals surface area (Å²) in [7, 11) is 0. The van der Waals surface area contributed by atoms with Gasteiger partial charge in [0.15, 0.2) is 0 Å². The Hall–Kier alpha value is -2.29. The molecule has 0 amide bonds. The van der Waals surface area contributed by atoms with Crippen molar-refractivity contribution >= 4 is 11.7 Å². The van der Waals surface area contributed by atoms with Gasteiger partial charge in [-0.3, -0.25) is 0 Å². The molecule has 3 nitrogen and oxygen atoms in total. The van der Waals surface area contributed by atoms with Crippen molar-refractivity contribution in [1.29, 1.82) is 0 Å². The van der Waals surface area contributed by atoms with E-state index in [1.165, 1.54) is 11.1 Å². The fourth-order valence-corrected chi connectivity index (χ4v) is 2.85. The summed E-state index contributed by atoms with van der Waals surface area (Å²) in [5, 5.41) is 12.5. The van der Waals surface area contributed by atoms with E-state index in [0.717, 1.165) is 24.1 Å². The Balaban J connectivity index is 1.84. The van der Waals surface area contributed by atoms with Crippen molar-refractivity contribution in [3.8, 4) is 0 Å². The molecule has 0 radical (unpaired) electrons. The molecule has 20 heavy (non-hydrogen) atoms. The molecule has 0 heterocycles. The monoisotopic (exact) mass is 267 g/mol. The second-order valence-corrected chi connectivity index (χ2v) is 5.27. The predicted molar refractivity (Wildman–Crippen MR) is 79.3 cm³/mol. The molecule has 0 saturated carbocycles. The van der Waals surface area contributed by atoms with Gasteiger partial charge in [0.2, 0.25) is 0 Å². The number of aromatic carboxylic acids is 1. The quantitative estimate of drug-likeness (QED) is 0.889. The zero-order valence-electron chi connectivity index (χ0n) is 11.4. The molecule has 0 aromatic heterocycles. The molecule has 2 aromatic carbocycles. The number of hydrogen-bond acceptors (Lipinski definition) is 2. The van der Waals surface area contributed by atoms with Crippen LogP contribution >= 0.6 is 0 Å². The lowest BCUT2D eigenvalue weighted by Gasteiger charge is -2.17. The molecule has 2 N–H and O–H groups in total. The molecule has 0 fully saturated rings. The van der Waals surface area contributed by atoms with E-state index in [4.69, 9.17) is 5.11 Å². The van der Waals surface area contributed by atoms with E-state index in [-0.39, 0.29) is 0 Å². The number of carboxylic acids is 1. The minimum atomic E-state index is -0.883. The Morgan fingerprint density at radius 3 is 2.80 bits per heavy atom. The zero-order chi connectivity index (χ0) is 14.1. The van der Waals surface area contributed by atoms with E-state index in [2.05, 4.69) is 29.6 Å². The van der Waals surface area contributed by atoms with Gasteiger partial charge in [-0.15, -0.1) is 0 Å². The lowest BCUT2D eigenvalue weighted by atomic mass is 10.1. The minimum absolute atomic E-state index is 0.320. The van der Waals surface area contributed by atoms with Crippen LogP contribution in [-0.4, -0.2) is 11.1 Å². The Bertz CT molecular complexity index is 664. The van der Waals surface area contributed by atoms with Crippen molar-refractivity contribution in [2.45, 2.75) is 25.8 Å². The maximum atomic E-state index is 11.0. The van der Waals surface area contributed by atoms with E-state index in [1.54, 1.807) is 12.1 Å². The number of aryl methyl sites for hydroxylation is 2. The number of carboxylic acid groups (broad SMARTS) is 1. The van der Waals surface area contributed by atoms with Gasteiger partial charge in [-0.1, -0.05) is 24.3 Å². The van der Waals surface area contributed by atoms with Crippen LogP contribution in [0.3, 0.4) is 0 Å². The SMILES string of the molecule is Cc1cc(C(=O)O)ccc1NC1CCc2ccccc21. The summed E-state index contributed by atoms with van der Waals surface area (Å²) >= 11 is 0. The minimum Gasteiger partial charge on any atom is -0.478 e. The fourth-order valence-electron chi connectivity index (χ4n) is 2.85. The summed E-state index contributed by atoms with van der Waals surface area (Å²) in [5.74, 6) is -0.883. The average Bonchev–Trinajstić information content (AvgIpc) is 2.84. The van der Waals surface area contributed by atoms with Gasteiger partial charge in [0.25, 0.3) is 0 Å². The van der Waals surface area contributed by atoms with Crippen LogP contribution in [0.4, 0.5) is 5.69 Å². The van der Waals surface area contributed by atoms with Crippen molar-refractivity contribution in [3.63, 3.8) is 0 Å². The third kappa shape index (κ3) is 2.27. The summed E-state index contributed by atoms with van der Waals surface area (Å²) < 4.78 is 0.